The van der Waals surface area contributed by atoms with Crippen molar-refractivity contribution >= 4 is 5.97 Å². The van der Waals surface area contributed by atoms with Gasteiger partial charge in [-0.15, -0.1) is 0 Å². The third-order valence-corrected chi connectivity index (χ3v) is 5.03. The second kappa shape index (κ2) is 12.4. The number of carbonyl (C=O) groups is 1. The molecule has 1 fully saturated rings. The Hall–Kier alpha value is -1.05. The molecule has 0 radical (unpaired) electrons. The number of allylic oxidation sites excluding steroid dienone is 4. The van der Waals surface area contributed by atoms with Gasteiger partial charge < -0.3 is 5.11 Å². The second-order valence-electron chi connectivity index (χ2n) is 7.21. The molecule has 0 spiro atoms. The second-order valence-corrected chi connectivity index (χ2v) is 7.21. The molecule has 0 heterocycles. The molecule has 0 amide bonds. The van der Waals surface area contributed by atoms with Crippen molar-refractivity contribution in [2.45, 2.75) is 84.5 Å². The van der Waals surface area contributed by atoms with Gasteiger partial charge in [0.15, 0.2) is 0 Å². The van der Waals surface area contributed by atoms with Gasteiger partial charge >= 0.3 is 5.97 Å². The Kier molecular flexibility index (Phi) is 10.8. The summed E-state index contributed by atoms with van der Waals surface area (Å²) in [5.41, 5.74) is 0. The van der Waals surface area contributed by atoms with Crippen molar-refractivity contribution in [2.24, 2.45) is 17.8 Å². The van der Waals surface area contributed by atoms with Gasteiger partial charge in [0.25, 0.3) is 0 Å². The number of carboxylic acids is 1. The fraction of sp³-hybridized carbons (Fsp3) is 0.762. The minimum absolute atomic E-state index is 0.287. The van der Waals surface area contributed by atoms with Crippen LogP contribution in [0.5, 0.6) is 0 Å². The van der Waals surface area contributed by atoms with Gasteiger partial charge in [-0.2, -0.15) is 0 Å². The summed E-state index contributed by atoms with van der Waals surface area (Å²) in [5, 5.41) is 8.62. The van der Waals surface area contributed by atoms with E-state index in [0.717, 1.165) is 37.0 Å². The van der Waals surface area contributed by atoms with Crippen LogP contribution in [0.2, 0.25) is 0 Å². The highest BCUT2D eigenvalue weighted by Crippen LogP contribution is 2.35. The van der Waals surface area contributed by atoms with Gasteiger partial charge in [0.05, 0.1) is 0 Å². The predicted molar refractivity (Wildman–Crippen MR) is 98.5 cm³/mol. The normalized spacial score (nSPS) is 23.0. The molecule has 2 heteroatoms. The molecule has 132 valence electrons. The van der Waals surface area contributed by atoms with Crippen molar-refractivity contribution in [3.63, 3.8) is 0 Å². The first-order valence-electron chi connectivity index (χ1n) is 9.68. The number of rotatable bonds is 12. The Bertz CT molecular complexity index is 370. The summed E-state index contributed by atoms with van der Waals surface area (Å²) in [6.45, 7) is 4.61. The number of hydrogen-bond acceptors (Lipinski definition) is 1. The van der Waals surface area contributed by atoms with Crippen LogP contribution in [0.25, 0.3) is 0 Å². The molecule has 1 aliphatic carbocycles. The van der Waals surface area contributed by atoms with E-state index in [2.05, 4.69) is 38.2 Å². The molecule has 23 heavy (non-hydrogen) atoms. The smallest absolute Gasteiger partial charge is 0.303 e. The Balaban J connectivity index is 2.24. The van der Waals surface area contributed by atoms with Crippen molar-refractivity contribution in [1.82, 2.24) is 0 Å². The van der Waals surface area contributed by atoms with Crippen LogP contribution >= 0.6 is 0 Å². The molecule has 0 bridgehead atoms. The first kappa shape index (κ1) is 20.0. The van der Waals surface area contributed by atoms with Gasteiger partial charge in [-0.1, -0.05) is 63.8 Å². The van der Waals surface area contributed by atoms with Gasteiger partial charge in [-0.3, -0.25) is 4.79 Å². The lowest BCUT2D eigenvalue weighted by atomic mass is 9.90. The van der Waals surface area contributed by atoms with E-state index in [4.69, 9.17) is 5.11 Å². The Morgan fingerprint density at radius 2 is 2.04 bits per heavy atom. The lowest BCUT2D eigenvalue weighted by Gasteiger charge is -2.15. The lowest BCUT2D eigenvalue weighted by molar-refractivity contribution is -0.137. The summed E-state index contributed by atoms with van der Waals surface area (Å²) < 4.78 is 0. The zero-order valence-electron chi connectivity index (χ0n) is 15.2. The Morgan fingerprint density at radius 1 is 1.22 bits per heavy atom. The minimum atomic E-state index is -0.688. The molecule has 1 aliphatic rings. The van der Waals surface area contributed by atoms with E-state index in [-0.39, 0.29) is 6.42 Å². The molecule has 2 nitrogen and oxygen atoms in total. The number of aliphatic carboxylic acids is 1. The lowest BCUT2D eigenvalue weighted by Crippen LogP contribution is -2.04. The van der Waals surface area contributed by atoms with E-state index in [1.807, 2.05) is 0 Å². The first-order valence-corrected chi connectivity index (χ1v) is 9.68. The van der Waals surface area contributed by atoms with Crippen molar-refractivity contribution in [3.05, 3.63) is 24.3 Å². The predicted octanol–water partition coefficient (Wildman–Crippen LogP) is 6.38. The topological polar surface area (TPSA) is 37.3 Å². The summed E-state index contributed by atoms with van der Waals surface area (Å²) in [5.74, 6) is 1.58. The summed E-state index contributed by atoms with van der Waals surface area (Å²) in [4.78, 5) is 10.5. The summed E-state index contributed by atoms with van der Waals surface area (Å²) >= 11 is 0. The van der Waals surface area contributed by atoms with E-state index in [1.54, 1.807) is 0 Å². The van der Waals surface area contributed by atoms with Crippen molar-refractivity contribution in [3.8, 4) is 0 Å². The van der Waals surface area contributed by atoms with E-state index in [0.29, 0.717) is 0 Å². The zero-order valence-corrected chi connectivity index (χ0v) is 15.2. The molecular weight excluding hydrogens is 284 g/mol. The quantitative estimate of drug-likeness (QED) is 0.335. The molecule has 3 atom stereocenters. The monoisotopic (exact) mass is 320 g/mol. The summed E-state index contributed by atoms with van der Waals surface area (Å²) in [6.07, 6.45) is 21.9. The Morgan fingerprint density at radius 3 is 2.78 bits per heavy atom. The highest BCUT2D eigenvalue weighted by Gasteiger charge is 2.23. The van der Waals surface area contributed by atoms with E-state index in [9.17, 15) is 4.79 Å². The molecule has 0 aliphatic heterocycles. The fourth-order valence-corrected chi connectivity index (χ4v) is 3.52. The minimum Gasteiger partial charge on any atom is -0.481 e. The van der Waals surface area contributed by atoms with Crippen molar-refractivity contribution in [2.75, 3.05) is 0 Å². The van der Waals surface area contributed by atoms with Crippen molar-refractivity contribution in [1.29, 1.82) is 0 Å². The van der Waals surface area contributed by atoms with Crippen LogP contribution in [-0.4, -0.2) is 11.1 Å². The van der Waals surface area contributed by atoms with Crippen LogP contribution in [0, 0.1) is 17.8 Å². The first-order chi connectivity index (χ1) is 11.1. The summed E-state index contributed by atoms with van der Waals surface area (Å²) in [6, 6.07) is 0. The third kappa shape index (κ3) is 9.63. The average Bonchev–Trinajstić information content (AvgIpc) is 2.96. The van der Waals surface area contributed by atoms with Crippen LogP contribution < -0.4 is 0 Å². The van der Waals surface area contributed by atoms with Gasteiger partial charge in [-0.25, -0.2) is 0 Å². The standard InChI is InChI=1S/C21H36O2/c1-3-4-7-11-18(2)16-17-20-14-10-13-19(20)12-8-5-6-9-15-21(22)23/h5,8,16-20H,3-4,6-7,9-15H2,1-2H3,(H,22,23)/t18?,19-,20+/m0/s1. The number of hydrogen-bond donors (Lipinski definition) is 1. The van der Waals surface area contributed by atoms with E-state index < -0.39 is 5.97 Å². The molecule has 1 rings (SSSR count). The number of unbranched alkanes of at least 4 members (excludes halogenated alkanes) is 3. The van der Waals surface area contributed by atoms with Crippen LogP contribution in [0.1, 0.15) is 84.5 Å². The zero-order chi connectivity index (χ0) is 16.9. The third-order valence-electron chi connectivity index (χ3n) is 5.03. The molecule has 0 aromatic carbocycles. The molecule has 0 aromatic heterocycles. The average molecular weight is 321 g/mol. The molecule has 1 saturated carbocycles. The Labute approximate surface area is 143 Å². The van der Waals surface area contributed by atoms with Gasteiger partial charge in [-0.05, 0) is 56.3 Å². The van der Waals surface area contributed by atoms with Crippen LogP contribution in [0.3, 0.4) is 0 Å². The SMILES string of the molecule is CCCCCC(C)C=C[C@H]1CCC[C@@H]1CC=CCCCC(=O)O. The van der Waals surface area contributed by atoms with Gasteiger partial charge in [0.1, 0.15) is 0 Å². The van der Waals surface area contributed by atoms with E-state index >= 15 is 0 Å². The highest BCUT2D eigenvalue weighted by atomic mass is 16.4. The van der Waals surface area contributed by atoms with Crippen LogP contribution in [0.15, 0.2) is 24.3 Å². The van der Waals surface area contributed by atoms with Gasteiger partial charge in [0.2, 0.25) is 0 Å². The molecular formula is C21H36O2. The largest absolute Gasteiger partial charge is 0.481 e. The highest BCUT2D eigenvalue weighted by molar-refractivity contribution is 5.66. The van der Waals surface area contributed by atoms with E-state index in [1.165, 1.54) is 44.9 Å². The molecule has 1 N–H and O–H groups in total. The maximum absolute atomic E-state index is 10.5. The van der Waals surface area contributed by atoms with Crippen LogP contribution in [-0.2, 0) is 4.79 Å². The van der Waals surface area contributed by atoms with Crippen LogP contribution in [0.4, 0.5) is 0 Å². The van der Waals surface area contributed by atoms with Gasteiger partial charge in [0, 0.05) is 6.42 Å². The molecule has 0 saturated heterocycles. The van der Waals surface area contributed by atoms with Crippen molar-refractivity contribution < 1.29 is 9.90 Å². The fourth-order valence-electron chi connectivity index (χ4n) is 3.52. The number of carboxylic acid groups (broad SMARTS) is 1. The maximum Gasteiger partial charge on any atom is 0.303 e. The molecule has 1 unspecified atom stereocenters. The maximum atomic E-state index is 10.5. The summed E-state index contributed by atoms with van der Waals surface area (Å²) in [7, 11) is 0. The molecule has 0 aromatic rings.